The van der Waals surface area contributed by atoms with E-state index in [4.69, 9.17) is 4.74 Å². The van der Waals surface area contributed by atoms with Crippen LogP contribution in [-0.4, -0.2) is 14.5 Å². The Kier molecular flexibility index (Phi) is 5.13. The van der Waals surface area contributed by atoms with E-state index in [0.717, 1.165) is 12.1 Å². The second-order valence-electron chi connectivity index (χ2n) is 5.62. The van der Waals surface area contributed by atoms with Crippen molar-refractivity contribution in [3.63, 3.8) is 0 Å². The molecule has 0 aliphatic carbocycles. The van der Waals surface area contributed by atoms with Gasteiger partial charge in [-0.15, -0.1) is 0 Å². The quantitative estimate of drug-likeness (QED) is 0.641. The van der Waals surface area contributed by atoms with Crippen molar-refractivity contribution in [3.8, 4) is 11.4 Å². The molecular formula is C18H14BrF2N3O2. The lowest BCUT2D eigenvalue weighted by Crippen LogP contribution is -2.22. The Bertz CT molecular complexity index is 1020. The first kappa shape index (κ1) is 18.2. The van der Waals surface area contributed by atoms with Crippen molar-refractivity contribution in [1.29, 1.82) is 0 Å². The van der Waals surface area contributed by atoms with E-state index < -0.39 is 11.6 Å². The first-order chi connectivity index (χ1) is 12.4. The zero-order valence-corrected chi connectivity index (χ0v) is 15.5. The van der Waals surface area contributed by atoms with Crippen LogP contribution in [0.2, 0.25) is 0 Å². The molecule has 2 aromatic heterocycles. The molecule has 0 fully saturated rings. The third-order valence-corrected chi connectivity index (χ3v) is 4.45. The van der Waals surface area contributed by atoms with Crippen molar-refractivity contribution in [2.75, 3.05) is 0 Å². The molecular weight excluding hydrogens is 408 g/mol. The van der Waals surface area contributed by atoms with Crippen LogP contribution in [0.3, 0.4) is 0 Å². The predicted octanol–water partition coefficient (Wildman–Crippen LogP) is 3.86. The lowest BCUT2D eigenvalue weighted by molar-refractivity contribution is 0.296. The monoisotopic (exact) mass is 421 g/mol. The maximum atomic E-state index is 13.7. The van der Waals surface area contributed by atoms with Gasteiger partial charge in [-0.3, -0.25) is 9.36 Å². The van der Waals surface area contributed by atoms with Gasteiger partial charge in [0.2, 0.25) is 0 Å². The SMILES string of the molecule is Cc1ncc(-n2c(C)cc(OCc3ccc(F)cc3F)c(Br)c2=O)cn1. The minimum atomic E-state index is -0.706. The fourth-order valence-corrected chi connectivity index (χ4v) is 2.81. The third kappa shape index (κ3) is 3.65. The van der Waals surface area contributed by atoms with E-state index in [9.17, 15) is 13.6 Å². The van der Waals surface area contributed by atoms with Gasteiger partial charge in [0.1, 0.15) is 34.3 Å². The first-order valence-corrected chi connectivity index (χ1v) is 8.44. The van der Waals surface area contributed by atoms with Gasteiger partial charge in [-0.2, -0.15) is 0 Å². The smallest absolute Gasteiger partial charge is 0.273 e. The van der Waals surface area contributed by atoms with Crippen LogP contribution in [0, 0.1) is 25.5 Å². The molecule has 0 spiro atoms. The van der Waals surface area contributed by atoms with E-state index in [0.29, 0.717) is 17.2 Å². The fraction of sp³-hybridized carbons (Fsp3) is 0.167. The van der Waals surface area contributed by atoms with Gasteiger partial charge in [0.25, 0.3) is 5.56 Å². The highest BCUT2D eigenvalue weighted by Crippen LogP contribution is 2.25. The molecule has 0 radical (unpaired) electrons. The summed E-state index contributed by atoms with van der Waals surface area (Å²) >= 11 is 3.23. The Morgan fingerprint density at radius 2 is 1.85 bits per heavy atom. The number of rotatable bonds is 4. The summed E-state index contributed by atoms with van der Waals surface area (Å²) in [5, 5.41) is 0. The Morgan fingerprint density at radius 1 is 1.15 bits per heavy atom. The Balaban J connectivity index is 1.92. The molecule has 0 saturated carbocycles. The summed E-state index contributed by atoms with van der Waals surface area (Å²) in [5.41, 5.74) is 0.953. The van der Waals surface area contributed by atoms with Crippen molar-refractivity contribution in [1.82, 2.24) is 14.5 Å². The van der Waals surface area contributed by atoms with Crippen LogP contribution < -0.4 is 10.3 Å². The largest absolute Gasteiger partial charge is 0.487 e. The zero-order valence-electron chi connectivity index (χ0n) is 14.0. The maximum absolute atomic E-state index is 13.7. The number of hydrogen-bond acceptors (Lipinski definition) is 4. The molecule has 2 heterocycles. The van der Waals surface area contributed by atoms with Crippen molar-refractivity contribution in [2.24, 2.45) is 0 Å². The van der Waals surface area contributed by atoms with Crippen LogP contribution in [0.15, 0.2) is 45.9 Å². The first-order valence-electron chi connectivity index (χ1n) is 7.64. The lowest BCUT2D eigenvalue weighted by Gasteiger charge is -2.14. The van der Waals surface area contributed by atoms with Crippen molar-refractivity contribution >= 4 is 15.9 Å². The van der Waals surface area contributed by atoms with Gasteiger partial charge in [0.15, 0.2) is 0 Å². The van der Waals surface area contributed by atoms with E-state index >= 15 is 0 Å². The van der Waals surface area contributed by atoms with E-state index in [1.54, 1.807) is 32.3 Å². The normalized spacial score (nSPS) is 10.8. The van der Waals surface area contributed by atoms with Gasteiger partial charge in [-0.05, 0) is 41.9 Å². The summed E-state index contributed by atoms with van der Waals surface area (Å²) in [5.74, 6) is -0.505. The Hall–Kier alpha value is -2.61. The van der Waals surface area contributed by atoms with Crippen molar-refractivity contribution in [2.45, 2.75) is 20.5 Å². The fourth-order valence-electron chi connectivity index (χ4n) is 2.40. The highest BCUT2D eigenvalue weighted by molar-refractivity contribution is 9.10. The minimum absolute atomic E-state index is 0.138. The van der Waals surface area contributed by atoms with Gasteiger partial charge in [-0.25, -0.2) is 18.7 Å². The number of benzene rings is 1. The molecule has 0 aliphatic rings. The van der Waals surface area contributed by atoms with E-state index in [1.165, 1.54) is 10.6 Å². The molecule has 0 bridgehead atoms. The number of pyridine rings is 1. The summed E-state index contributed by atoms with van der Waals surface area (Å²) in [7, 11) is 0. The standard InChI is InChI=1S/C18H14BrF2N3O2/c1-10-5-16(26-9-12-3-4-13(20)6-15(12)21)17(19)18(25)24(10)14-7-22-11(2)23-8-14/h3-8H,9H2,1-2H3. The molecule has 1 aromatic carbocycles. The molecule has 5 nitrogen and oxygen atoms in total. The average molecular weight is 422 g/mol. The Labute approximate surface area is 156 Å². The lowest BCUT2D eigenvalue weighted by atomic mass is 10.2. The second-order valence-corrected chi connectivity index (χ2v) is 6.41. The molecule has 3 rings (SSSR count). The van der Waals surface area contributed by atoms with E-state index in [2.05, 4.69) is 25.9 Å². The number of hydrogen-bond donors (Lipinski definition) is 0. The highest BCUT2D eigenvalue weighted by atomic mass is 79.9. The highest BCUT2D eigenvalue weighted by Gasteiger charge is 2.15. The summed E-state index contributed by atoms with van der Waals surface area (Å²) in [6, 6.07) is 4.88. The molecule has 8 heteroatoms. The molecule has 0 atom stereocenters. The van der Waals surface area contributed by atoms with Gasteiger partial charge in [0, 0.05) is 23.4 Å². The Morgan fingerprint density at radius 3 is 2.50 bits per heavy atom. The maximum Gasteiger partial charge on any atom is 0.273 e. The van der Waals surface area contributed by atoms with Crippen LogP contribution in [-0.2, 0) is 6.61 Å². The molecule has 0 saturated heterocycles. The second kappa shape index (κ2) is 7.33. The molecule has 134 valence electrons. The number of aromatic nitrogens is 3. The van der Waals surface area contributed by atoms with Crippen LogP contribution in [0.1, 0.15) is 17.1 Å². The predicted molar refractivity (Wildman–Crippen MR) is 95.5 cm³/mol. The number of ether oxygens (including phenoxy) is 1. The number of aryl methyl sites for hydroxylation is 2. The molecule has 0 amide bonds. The van der Waals surface area contributed by atoms with Crippen LogP contribution in [0.4, 0.5) is 8.78 Å². The van der Waals surface area contributed by atoms with Crippen molar-refractivity contribution in [3.05, 3.63) is 80.2 Å². The van der Waals surface area contributed by atoms with Gasteiger partial charge in [0.05, 0.1) is 18.1 Å². The van der Waals surface area contributed by atoms with Gasteiger partial charge in [-0.1, -0.05) is 0 Å². The van der Waals surface area contributed by atoms with Crippen LogP contribution in [0.25, 0.3) is 5.69 Å². The molecule has 0 aliphatic heterocycles. The number of nitrogens with zero attached hydrogens (tertiary/aromatic N) is 3. The van der Waals surface area contributed by atoms with Crippen molar-refractivity contribution < 1.29 is 13.5 Å². The topological polar surface area (TPSA) is 57.0 Å². The summed E-state index contributed by atoms with van der Waals surface area (Å²) in [4.78, 5) is 20.9. The molecule has 3 aromatic rings. The van der Waals surface area contributed by atoms with Gasteiger partial charge >= 0.3 is 0 Å². The van der Waals surface area contributed by atoms with Gasteiger partial charge < -0.3 is 4.74 Å². The average Bonchev–Trinajstić information content (AvgIpc) is 2.60. The minimum Gasteiger partial charge on any atom is -0.487 e. The summed E-state index contributed by atoms with van der Waals surface area (Å²) < 4.78 is 33.9. The summed E-state index contributed by atoms with van der Waals surface area (Å²) in [6.07, 6.45) is 3.11. The van der Waals surface area contributed by atoms with Crippen LogP contribution >= 0.6 is 15.9 Å². The molecule has 0 N–H and O–H groups in total. The molecule has 0 unspecified atom stereocenters. The summed E-state index contributed by atoms with van der Waals surface area (Å²) in [6.45, 7) is 3.35. The van der Waals surface area contributed by atoms with E-state index in [-0.39, 0.29) is 28.0 Å². The number of halogens is 3. The third-order valence-electron chi connectivity index (χ3n) is 3.72. The van der Waals surface area contributed by atoms with E-state index in [1.807, 2.05) is 0 Å². The molecule has 26 heavy (non-hydrogen) atoms. The zero-order chi connectivity index (χ0) is 18.8. The van der Waals surface area contributed by atoms with Crippen LogP contribution in [0.5, 0.6) is 5.75 Å².